The lowest BCUT2D eigenvalue weighted by Gasteiger charge is -2.36. The molecule has 0 amide bonds. The van der Waals surface area contributed by atoms with Crippen molar-refractivity contribution in [1.29, 1.82) is 0 Å². The van der Waals surface area contributed by atoms with E-state index in [9.17, 15) is 9.90 Å². The number of piperidine rings is 1. The molecular formula is C24H26N2O3. The molecule has 1 unspecified atom stereocenters. The Balaban J connectivity index is 1.94. The number of benzene rings is 2. The van der Waals surface area contributed by atoms with Gasteiger partial charge in [-0.1, -0.05) is 30.7 Å². The first-order valence-corrected chi connectivity index (χ1v) is 10.1. The minimum Gasteiger partial charge on any atom is -0.507 e. The number of aromatic nitrogens is 1. The molecule has 1 atom stereocenters. The van der Waals surface area contributed by atoms with Crippen LogP contribution in [0, 0.1) is 0 Å². The summed E-state index contributed by atoms with van der Waals surface area (Å²) in [6.07, 6.45) is 7.16. The van der Waals surface area contributed by atoms with E-state index >= 15 is 0 Å². The van der Waals surface area contributed by atoms with E-state index in [0.717, 1.165) is 53.4 Å². The van der Waals surface area contributed by atoms with Gasteiger partial charge in [-0.3, -0.25) is 14.7 Å². The highest BCUT2D eigenvalue weighted by molar-refractivity contribution is 5.91. The molecule has 0 saturated carbocycles. The number of hydrogen-bond acceptors (Lipinski definition) is 5. The lowest BCUT2D eigenvalue weighted by atomic mass is 9.87. The van der Waals surface area contributed by atoms with Crippen molar-refractivity contribution < 1.29 is 14.6 Å². The predicted octanol–water partition coefficient (Wildman–Crippen LogP) is 4.23. The molecule has 0 spiro atoms. The van der Waals surface area contributed by atoms with Crippen LogP contribution in [0.25, 0.3) is 10.8 Å². The zero-order chi connectivity index (χ0) is 20.2. The topological polar surface area (TPSA) is 62.7 Å². The summed E-state index contributed by atoms with van der Waals surface area (Å²) in [6, 6.07) is 13.6. The van der Waals surface area contributed by atoms with Crippen LogP contribution in [0.2, 0.25) is 0 Å². The average Bonchev–Trinajstić information content (AvgIpc) is 2.77. The fraction of sp³-hybridized carbons (Fsp3) is 0.333. The fourth-order valence-corrected chi connectivity index (χ4v) is 4.36. The van der Waals surface area contributed by atoms with E-state index in [1.54, 1.807) is 12.4 Å². The number of phenolic OH excluding ortho intramolecular Hbond substituents is 1. The molecular weight excluding hydrogens is 364 g/mol. The molecule has 150 valence electrons. The predicted molar refractivity (Wildman–Crippen MR) is 113 cm³/mol. The van der Waals surface area contributed by atoms with Gasteiger partial charge in [0.15, 0.2) is 0 Å². The Morgan fingerprint density at radius 3 is 2.59 bits per heavy atom. The van der Waals surface area contributed by atoms with Crippen LogP contribution in [-0.2, 0) is 16.0 Å². The van der Waals surface area contributed by atoms with Crippen molar-refractivity contribution in [2.24, 2.45) is 0 Å². The van der Waals surface area contributed by atoms with Crippen molar-refractivity contribution in [3.8, 4) is 5.75 Å². The van der Waals surface area contributed by atoms with Crippen LogP contribution >= 0.6 is 0 Å². The second-order valence-corrected chi connectivity index (χ2v) is 7.55. The highest BCUT2D eigenvalue weighted by Gasteiger charge is 2.30. The van der Waals surface area contributed by atoms with Crippen LogP contribution in [0.4, 0.5) is 0 Å². The van der Waals surface area contributed by atoms with Crippen LogP contribution in [0.3, 0.4) is 0 Å². The number of nitrogens with zero attached hydrogens (tertiary/aromatic N) is 2. The van der Waals surface area contributed by atoms with Gasteiger partial charge in [0, 0.05) is 23.3 Å². The van der Waals surface area contributed by atoms with Gasteiger partial charge in [-0.2, -0.15) is 0 Å². The maximum atomic E-state index is 12.2. The third kappa shape index (κ3) is 3.96. The van der Waals surface area contributed by atoms with Crippen molar-refractivity contribution in [3.05, 3.63) is 71.5 Å². The molecule has 2 aromatic carbocycles. The fourth-order valence-electron chi connectivity index (χ4n) is 4.36. The molecule has 5 heteroatoms. The number of carbonyl (C=O) groups excluding carboxylic acids is 1. The van der Waals surface area contributed by atoms with E-state index in [1.807, 2.05) is 42.5 Å². The molecule has 5 nitrogen and oxygen atoms in total. The Hall–Kier alpha value is -2.92. The normalized spacial score (nSPS) is 15.9. The van der Waals surface area contributed by atoms with Crippen LogP contribution in [0.15, 0.2) is 54.9 Å². The van der Waals surface area contributed by atoms with Crippen molar-refractivity contribution in [1.82, 2.24) is 9.88 Å². The van der Waals surface area contributed by atoms with E-state index in [2.05, 4.69) is 9.88 Å². The van der Waals surface area contributed by atoms with Crippen molar-refractivity contribution in [3.63, 3.8) is 0 Å². The summed E-state index contributed by atoms with van der Waals surface area (Å²) in [7, 11) is 1.40. The summed E-state index contributed by atoms with van der Waals surface area (Å²) in [4.78, 5) is 18.8. The van der Waals surface area contributed by atoms with Gasteiger partial charge in [-0.15, -0.1) is 0 Å². The number of ether oxygens (including phenoxy) is 1. The molecule has 4 rings (SSSR count). The summed E-state index contributed by atoms with van der Waals surface area (Å²) >= 11 is 0. The lowest BCUT2D eigenvalue weighted by molar-refractivity contribution is -0.139. The van der Waals surface area contributed by atoms with Crippen LogP contribution in [0.5, 0.6) is 5.75 Å². The van der Waals surface area contributed by atoms with E-state index in [0.29, 0.717) is 0 Å². The molecule has 1 fully saturated rings. The van der Waals surface area contributed by atoms with E-state index in [1.165, 1.54) is 13.5 Å². The maximum Gasteiger partial charge on any atom is 0.309 e. The van der Waals surface area contributed by atoms with E-state index in [4.69, 9.17) is 4.74 Å². The number of likely N-dealkylation sites (tertiary alicyclic amines) is 1. The van der Waals surface area contributed by atoms with E-state index in [-0.39, 0.29) is 24.2 Å². The van der Waals surface area contributed by atoms with E-state index < -0.39 is 0 Å². The van der Waals surface area contributed by atoms with Crippen molar-refractivity contribution in [2.75, 3.05) is 20.2 Å². The number of fused-ring (bicyclic) bond motifs is 1. The number of pyridine rings is 1. The maximum absolute atomic E-state index is 12.2. The molecule has 3 aromatic rings. The number of esters is 1. The molecule has 29 heavy (non-hydrogen) atoms. The highest BCUT2D eigenvalue weighted by atomic mass is 16.5. The summed E-state index contributed by atoms with van der Waals surface area (Å²) in [5.74, 6) is -0.0672. The number of rotatable bonds is 5. The molecule has 1 saturated heterocycles. The Labute approximate surface area is 170 Å². The van der Waals surface area contributed by atoms with Gasteiger partial charge in [0.05, 0.1) is 19.6 Å². The first kappa shape index (κ1) is 19.4. The second kappa shape index (κ2) is 8.62. The van der Waals surface area contributed by atoms with Crippen LogP contribution in [-0.4, -0.2) is 41.2 Å². The smallest absolute Gasteiger partial charge is 0.309 e. The summed E-state index contributed by atoms with van der Waals surface area (Å²) in [5, 5.41) is 13.1. The molecule has 0 aliphatic carbocycles. The number of carbonyl (C=O) groups is 1. The quantitative estimate of drug-likeness (QED) is 0.661. The SMILES string of the molecule is COC(=O)Cc1cc2ccccc2c(O)c1C(c1ccncc1)N1CCCCC1. The lowest BCUT2D eigenvalue weighted by Crippen LogP contribution is -2.35. The summed E-state index contributed by atoms with van der Waals surface area (Å²) < 4.78 is 4.95. The zero-order valence-corrected chi connectivity index (χ0v) is 16.7. The zero-order valence-electron chi connectivity index (χ0n) is 16.7. The largest absolute Gasteiger partial charge is 0.507 e. The third-order valence-electron chi connectivity index (χ3n) is 5.76. The number of hydrogen-bond donors (Lipinski definition) is 1. The van der Waals surface area contributed by atoms with Gasteiger partial charge in [0.1, 0.15) is 5.75 Å². The Kier molecular flexibility index (Phi) is 5.76. The van der Waals surface area contributed by atoms with Crippen LogP contribution < -0.4 is 0 Å². The first-order chi connectivity index (χ1) is 14.2. The monoisotopic (exact) mass is 390 g/mol. The van der Waals surface area contributed by atoms with Gasteiger partial charge in [-0.05, 0) is 60.6 Å². The Morgan fingerprint density at radius 2 is 1.86 bits per heavy atom. The molecule has 1 aliphatic heterocycles. The second-order valence-electron chi connectivity index (χ2n) is 7.55. The minimum absolute atomic E-state index is 0.125. The highest BCUT2D eigenvalue weighted by Crippen LogP contribution is 2.42. The van der Waals surface area contributed by atoms with Gasteiger partial charge in [-0.25, -0.2) is 0 Å². The number of methoxy groups -OCH3 is 1. The van der Waals surface area contributed by atoms with Gasteiger partial charge in [0.2, 0.25) is 0 Å². The van der Waals surface area contributed by atoms with Crippen molar-refractivity contribution >= 4 is 16.7 Å². The Morgan fingerprint density at radius 1 is 1.14 bits per heavy atom. The number of aromatic hydroxyl groups is 1. The van der Waals surface area contributed by atoms with Gasteiger partial charge < -0.3 is 9.84 Å². The number of phenols is 1. The summed E-state index contributed by atoms with van der Waals surface area (Å²) in [6.45, 7) is 1.91. The first-order valence-electron chi connectivity index (χ1n) is 10.1. The molecule has 1 N–H and O–H groups in total. The molecule has 1 aliphatic rings. The van der Waals surface area contributed by atoms with Gasteiger partial charge >= 0.3 is 5.97 Å². The molecule has 0 bridgehead atoms. The van der Waals surface area contributed by atoms with Crippen molar-refractivity contribution in [2.45, 2.75) is 31.7 Å². The van der Waals surface area contributed by atoms with Crippen LogP contribution in [0.1, 0.15) is 42.0 Å². The minimum atomic E-state index is -0.312. The summed E-state index contributed by atoms with van der Waals surface area (Å²) in [5.41, 5.74) is 2.67. The average molecular weight is 390 g/mol. The molecule has 1 aromatic heterocycles. The third-order valence-corrected chi connectivity index (χ3v) is 5.76. The van der Waals surface area contributed by atoms with Gasteiger partial charge in [0.25, 0.3) is 0 Å². The molecule has 0 radical (unpaired) electrons. The Bertz CT molecular complexity index is 998. The standard InChI is InChI=1S/C24H26N2O3/c1-29-21(27)16-19-15-18-7-3-4-8-20(18)24(28)22(19)23(17-9-11-25-12-10-17)26-13-5-2-6-14-26/h3-4,7-12,15,23,28H,2,5-6,13-14,16H2,1H3. The molecule has 2 heterocycles.